The van der Waals surface area contributed by atoms with Crippen molar-refractivity contribution in [2.75, 3.05) is 29.0 Å². The molecule has 3 aromatic heterocycles. The number of nitrogens with two attached hydrogens (primary N) is 2. The van der Waals surface area contributed by atoms with Crippen LogP contribution in [0.2, 0.25) is 0 Å². The van der Waals surface area contributed by atoms with Gasteiger partial charge in [0, 0.05) is 37.4 Å². The molecule has 9 heteroatoms. The van der Waals surface area contributed by atoms with E-state index >= 15 is 0 Å². The first-order valence-corrected chi connectivity index (χ1v) is 9.44. The van der Waals surface area contributed by atoms with Crippen molar-refractivity contribution < 1.29 is 14.3 Å². The Labute approximate surface area is 167 Å². The van der Waals surface area contributed by atoms with E-state index in [0.717, 1.165) is 11.3 Å². The van der Waals surface area contributed by atoms with E-state index in [4.69, 9.17) is 15.9 Å². The quantitative estimate of drug-likeness (QED) is 0.521. The number of aliphatic hydroxyl groups is 1. The lowest BCUT2D eigenvalue weighted by Gasteiger charge is -2.41. The number of pyridine rings is 2. The van der Waals surface area contributed by atoms with Crippen LogP contribution < -0.4 is 21.7 Å². The van der Waals surface area contributed by atoms with Crippen LogP contribution >= 0.6 is 0 Å². The lowest BCUT2D eigenvalue weighted by Crippen LogP contribution is -2.55. The molecule has 4 rings (SSSR count). The van der Waals surface area contributed by atoms with Gasteiger partial charge in [-0.3, -0.25) is 14.8 Å². The van der Waals surface area contributed by atoms with Crippen LogP contribution in [0.3, 0.4) is 0 Å². The monoisotopic (exact) mass is 396 g/mol. The van der Waals surface area contributed by atoms with Gasteiger partial charge in [0.15, 0.2) is 5.58 Å². The first-order chi connectivity index (χ1) is 13.9. The molecule has 0 radical (unpaired) electrons. The third-order valence-corrected chi connectivity index (χ3v) is 5.33. The normalized spacial score (nSPS) is 22.1. The van der Waals surface area contributed by atoms with Gasteiger partial charge in [-0.15, -0.1) is 0 Å². The second kappa shape index (κ2) is 7.34. The van der Waals surface area contributed by atoms with E-state index in [2.05, 4.69) is 20.2 Å². The highest BCUT2D eigenvalue weighted by molar-refractivity contribution is 6.15. The summed E-state index contributed by atoms with van der Waals surface area (Å²) in [7, 11) is 0. The smallest absolute Gasteiger partial charge is 0.263 e. The van der Waals surface area contributed by atoms with Gasteiger partial charge in [-0.25, -0.2) is 0 Å². The Morgan fingerprint density at radius 2 is 2.17 bits per heavy atom. The van der Waals surface area contributed by atoms with E-state index in [-0.39, 0.29) is 23.4 Å². The number of piperidine rings is 1. The first kappa shape index (κ1) is 19.2. The summed E-state index contributed by atoms with van der Waals surface area (Å²) < 4.78 is 5.45. The fraction of sp³-hybridized carbons (Fsp3) is 0.350. The van der Waals surface area contributed by atoms with Crippen LogP contribution in [-0.4, -0.2) is 46.2 Å². The maximum absolute atomic E-state index is 13.0. The lowest BCUT2D eigenvalue weighted by molar-refractivity contribution is 0.0785. The third kappa shape index (κ3) is 3.39. The number of fused-ring (bicyclic) bond motifs is 1. The molecule has 6 N–H and O–H groups in total. The summed E-state index contributed by atoms with van der Waals surface area (Å²) in [5.41, 5.74) is 15.3. The second-order valence-corrected chi connectivity index (χ2v) is 7.53. The van der Waals surface area contributed by atoms with Gasteiger partial charge >= 0.3 is 0 Å². The minimum absolute atomic E-state index is 0.00692. The van der Waals surface area contributed by atoms with Crippen LogP contribution in [0.1, 0.15) is 22.8 Å². The predicted molar refractivity (Wildman–Crippen MR) is 111 cm³/mol. The highest BCUT2D eigenvalue weighted by Gasteiger charge is 2.33. The number of aromatic nitrogens is 2. The van der Waals surface area contributed by atoms with E-state index in [9.17, 15) is 9.90 Å². The van der Waals surface area contributed by atoms with E-state index in [1.54, 1.807) is 30.7 Å². The van der Waals surface area contributed by atoms with Crippen molar-refractivity contribution in [1.29, 1.82) is 0 Å². The molecule has 152 valence electrons. The zero-order valence-electron chi connectivity index (χ0n) is 16.3. The molecule has 4 heterocycles. The third-order valence-electron chi connectivity index (χ3n) is 5.33. The molecule has 0 bridgehead atoms. The summed E-state index contributed by atoms with van der Waals surface area (Å²) in [4.78, 5) is 23.5. The van der Waals surface area contributed by atoms with Crippen LogP contribution in [0.25, 0.3) is 11.1 Å². The van der Waals surface area contributed by atoms with Crippen molar-refractivity contribution in [2.45, 2.75) is 26.0 Å². The van der Waals surface area contributed by atoms with Crippen LogP contribution in [-0.2, 0) is 0 Å². The molecular formula is C20H24N6O3. The minimum atomic E-state index is -0.561. The molecular weight excluding hydrogens is 372 g/mol. The van der Waals surface area contributed by atoms with E-state index in [1.165, 1.54) is 0 Å². The molecule has 1 aliphatic rings. The number of furan rings is 1. The highest BCUT2D eigenvalue weighted by Crippen LogP contribution is 2.34. The van der Waals surface area contributed by atoms with Crippen molar-refractivity contribution in [1.82, 2.24) is 9.97 Å². The fourth-order valence-corrected chi connectivity index (χ4v) is 3.92. The minimum Gasteiger partial charge on any atom is -0.438 e. The van der Waals surface area contributed by atoms with Crippen LogP contribution in [0.4, 0.5) is 17.3 Å². The summed E-state index contributed by atoms with van der Waals surface area (Å²) >= 11 is 0. The van der Waals surface area contributed by atoms with Gasteiger partial charge < -0.3 is 31.2 Å². The molecule has 3 aromatic rings. The number of carbonyl (C=O) groups excluding carboxylic acids is 1. The topological polar surface area (TPSA) is 144 Å². The second-order valence-electron chi connectivity index (χ2n) is 7.53. The molecule has 1 amide bonds. The Balaban J connectivity index is 1.69. The van der Waals surface area contributed by atoms with Crippen molar-refractivity contribution >= 4 is 34.3 Å². The van der Waals surface area contributed by atoms with Crippen molar-refractivity contribution in [3.63, 3.8) is 0 Å². The van der Waals surface area contributed by atoms with Crippen LogP contribution in [0, 0.1) is 12.8 Å². The van der Waals surface area contributed by atoms with E-state index in [1.807, 2.05) is 13.8 Å². The first-order valence-electron chi connectivity index (χ1n) is 9.44. The molecule has 3 atom stereocenters. The van der Waals surface area contributed by atoms with Crippen molar-refractivity contribution in [3.05, 3.63) is 41.9 Å². The van der Waals surface area contributed by atoms with Gasteiger partial charge in [0.05, 0.1) is 23.7 Å². The fourth-order valence-electron chi connectivity index (χ4n) is 3.92. The molecule has 1 aliphatic heterocycles. The number of nitrogens with one attached hydrogen (secondary N) is 1. The van der Waals surface area contributed by atoms with Crippen LogP contribution in [0.15, 0.2) is 35.1 Å². The summed E-state index contributed by atoms with van der Waals surface area (Å²) in [5.74, 6) is -0.425. The van der Waals surface area contributed by atoms with Crippen molar-refractivity contribution in [3.8, 4) is 0 Å². The predicted octanol–water partition coefficient (Wildman–Crippen LogP) is 1.51. The zero-order chi connectivity index (χ0) is 20.7. The number of hydrogen-bond acceptors (Lipinski definition) is 8. The van der Waals surface area contributed by atoms with Gasteiger partial charge in [0.1, 0.15) is 11.1 Å². The number of aryl methyl sites for hydroxylation is 1. The summed E-state index contributed by atoms with van der Waals surface area (Å²) in [5, 5.41) is 13.1. The average molecular weight is 396 g/mol. The van der Waals surface area contributed by atoms with Gasteiger partial charge in [-0.1, -0.05) is 6.92 Å². The Hall–Kier alpha value is -3.17. The van der Waals surface area contributed by atoms with Gasteiger partial charge in [-0.05, 0) is 24.6 Å². The van der Waals surface area contributed by atoms with E-state index in [0.29, 0.717) is 29.9 Å². The molecule has 3 unspecified atom stereocenters. The molecule has 1 saturated heterocycles. The Morgan fingerprint density at radius 3 is 2.93 bits per heavy atom. The largest absolute Gasteiger partial charge is 0.438 e. The number of rotatable bonds is 3. The lowest BCUT2D eigenvalue weighted by atomic mass is 9.92. The Morgan fingerprint density at radius 1 is 1.38 bits per heavy atom. The number of amides is 1. The van der Waals surface area contributed by atoms with Crippen LogP contribution in [0.5, 0.6) is 0 Å². The molecule has 9 nitrogen and oxygen atoms in total. The zero-order valence-corrected chi connectivity index (χ0v) is 16.3. The molecule has 29 heavy (non-hydrogen) atoms. The summed E-state index contributed by atoms with van der Waals surface area (Å²) in [6, 6.07) is 3.04. The average Bonchev–Trinajstić information content (AvgIpc) is 3.01. The standard InChI is InChI=1S/C20H24N6O3/c1-10-6-23-7-13(17(10)26-8-11(2)18(27)12(21)9-26)25-20(28)15-16-14(29-19(15)22)4-3-5-24-16/h3-7,11-12,18,27H,8-9,21-22H2,1-2H3,(H,25,28). The molecule has 1 fully saturated rings. The van der Waals surface area contributed by atoms with E-state index < -0.39 is 12.0 Å². The Bertz CT molecular complexity index is 1050. The van der Waals surface area contributed by atoms with Crippen molar-refractivity contribution in [2.24, 2.45) is 11.7 Å². The molecule has 0 aromatic carbocycles. The SMILES string of the molecule is Cc1cncc(NC(=O)c2c(N)oc3cccnc23)c1N1CC(C)C(O)C(N)C1. The highest BCUT2D eigenvalue weighted by atomic mass is 16.3. The number of hydrogen-bond donors (Lipinski definition) is 4. The van der Waals surface area contributed by atoms with Gasteiger partial charge in [0.2, 0.25) is 5.88 Å². The maximum atomic E-state index is 13.0. The summed E-state index contributed by atoms with van der Waals surface area (Å²) in [6.07, 6.45) is 4.34. The summed E-state index contributed by atoms with van der Waals surface area (Å²) in [6.45, 7) is 4.95. The number of aliphatic hydroxyl groups excluding tert-OH is 1. The maximum Gasteiger partial charge on any atom is 0.263 e. The van der Waals surface area contributed by atoms with Gasteiger partial charge in [-0.2, -0.15) is 0 Å². The number of anilines is 3. The molecule has 0 saturated carbocycles. The molecule has 0 aliphatic carbocycles. The Kier molecular flexibility index (Phi) is 4.85. The van der Waals surface area contributed by atoms with Gasteiger partial charge in [0.25, 0.3) is 5.91 Å². The molecule has 0 spiro atoms. The number of nitrogens with zero attached hydrogens (tertiary/aromatic N) is 3. The number of carbonyl (C=O) groups is 1. The number of nitrogen functional groups attached to an aromatic ring is 1.